The van der Waals surface area contributed by atoms with E-state index in [1.165, 1.54) is 12.1 Å². The van der Waals surface area contributed by atoms with Gasteiger partial charge in [0.1, 0.15) is 17.8 Å². The third-order valence-electron chi connectivity index (χ3n) is 6.64. The molecule has 0 unspecified atom stereocenters. The molecule has 172 valence electrons. The lowest BCUT2D eigenvalue weighted by Gasteiger charge is -2.32. The molecule has 8 nitrogen and oxygen atoms in total. The van der Waals surface area contributed by atoms with Gasteiger partial charge in [0, 0.05) is 24.6 Å². The number of carbonyl (C=O) groups excluding carboxylic acids is 4. The smallest absolute Gasteiger partial charge is 0.325 e. The molecule has 4 amide bonds. The Balaban J connectivity index is 1.38. The van der Waals surface area contributed by atoms with E-state index in [1.54, 1.807) is 29.2 Å². The second-order valence-corrected chi connectivity index (χ2v) is 8.51. The average Bonchev–Trinajstić information content (AvgIpc) is 3.10. The molecule has 0 radical (unpaired) electrons. The molecule has 8 heteroatoms. The average molecular weight is 450 g/mol. The topological polar surface area (TPSA) is 107 Å². The first-order valence-corrected chi connectivity index (χ1v) is 11.2. The van der Waals surface area contributed by atoms with Gasteiger partial charge in [0.2, 0.25) is 5.91 Å². The summed E-state index contributed by atoms with van der Waals surface area (Å²) in [7, 11) is 0. The highest BCUT2D eigenvalue weighted by atomic mass is 16.3. The van der Waals surface area contributed by atoms with Crippen molar-refractivity contribution in [3.63, 3.8) is 0 Å². The Labute approximate surface area is 192 Å². The molecule has 1 atom stereocenters. The van der Waals surface area contributed by atoms with Gasteiger partial charge in [0.05, 0.1) is 0 Å². The molecular weight excluding hydrogens is 422 g/mol. The van der Waals surface area contributed by atoms with E-state index in [0.717, 1.165) is 4.90 Å². The quantitative estimate of drug-likeness (QED) is 0.521. The molecular formula is C25H27N3O5. The molecule has 2 fully saturated rings. The largest absolute Gasteiger partial charge is 0.508 e. The van der Waals surface area contributed by atoms with E-state index in [4.69, 9.17) is 0 Å². The van der Waals surface area contributed by atoms with E-state index in [2.05, 4.69) is 5.32 Å². The van der Waals surface area contributed by atoms with Crippen molar-refractivity contribution < 1.29 is 24.3 Å². The van der Waals surface area contributed by atoms with Gasteiger partial charge in [-0.2, -0.15) is 0 Å². The first-order valence-electron chi connectivity index (χ1n) is 11.2. The van der Waals surface area contributed by atoms with E-state index in [9.17, 15) is 24.3 Å². The predicted molar refractivity (Wildman–Crippen MR) is 120 cm³/mol. The van der Waals surface area contributed by atoms with Crippen molar-refractivity contribution in [3.05, 3.63) is 65.7 Å². The van der Waals surface area contributed by atoms with Crippen LogP contribution in [0.5, 0.6) is 5.75 Å². The monoisotopic (exact) mass is 449 g/mol. The van der Waals surface area contributed by atoms with Crippen LogP contribution in [0.25, 0.3) is 0 Å². The molecule has 0 spiro atoms. The molecule has 0 aliphatic carbocycles. The fourth-order valence-electron chi connectivity index (χ4n) is 4.62. The maximum Gasteiger partial charge on any atom is 0.325 e. The number of nitrogens with zero attached hydrogens (tertiary/aromatic N) is 2. The van der Waals surface area contributed by atoms with Crippen LogP contribution in [0.1, 0.15) is 42.1 Å². The number of carbonyl (C=O) groups is 4. The molecule has 2 saturated heterocycles. The number of likely N-dealkylation sites (tertiary alicyclic amines) is 1. The van der Waals surface area contributed by atoms with Gasteiger partial charge in [-0.3, -0.25) is 19.3 Å². The number of piperidine rings is 1. The summed E-state index contributed by atoms with van der Waals surface area (Å²) >= 11 is 0. The Morgan fingerprint density at radius 3 is 2.27 bits per heavy atom. The van der Waals surface area contributed by atoms with Crippen molar-refractivity contribution in [2.75, 3.05) is 19.6 Å². The zero-order chi connectivity index (χ0) is 23.6. The molecule has 0 bridgehead atoms. The van der Waals surface area contributed by atoms with Crippen molar-refractivity contribution in [1.29, 1.82) is 0 Å². The SMILES string of the molecule is CC[C@@]1(c2ccccc2)NC(=O)N(CC(=O)N2CCC(C(=O)c3ccc(O)cc3)CC2)C1=O. The molecule has 2 aromatic carbocycles. The summed E-state index contributed by atoms with van der Waals surface area (Å²) in [5.74, 6) is -0.847. The number of imide groups is 1. The van der Waals surface area contributed by atoms with Crippen molar-refractivity contribution >= 4 is 23.6 Å². The Morgan fingerprint density at radius 1 is 1.03 bits per heavy atom. The summed E-state index contributed by atoms with van der Waals surface area (Å²) in [6.07, 6.45) is 1.39. The molecule has 2 aliphatic rings. The molecule has 4 rings (SSSR count). The number of ketones is 1. The summed E-state index contributed by atoms with van der Waals surface area (Å²) in [4.78, 5) is 54.1. The minimum Gasteiger partial charge on any atom is -0.508 e. The van der Waals surface area contributed by atoms with Gasteiger partial charge in [0.25, 0.3) is 5.91 Å². The van der Waals surface area contributed by atoms with Crippen molar-refractivity contribution in [3.8, 4) is 5.75 Å². The number of benzene rings is 2. The third-order valence-corrected chi connectivity index (χ3v) is 6.64. The predicted octanol–water partition coefficient (Wildman–Crippen LogP) is 2.67. The van der Waals surface area contributed by atoms with E-state index in [0.29, 0.717) is 43.5 Å². The lowest BCUT2D eigenvalue weighted by atomic mass is 9.87. The van der Waals surface area contributed by atoms with E-state index in [-0.39, 0.29) is 29.9 Å². The second kappa shape index (κ2) is 9.05. The highest BCUT2D eigenvalue weighted by molar-refractivity contribution is 6.09. The normalized spacial score (nSPS) is 21.2. The molecule has 0 aromatic heterocycles. The fourth-order valence-corrected chi connectivity index (χ4v) is 4.62. The number of hydrogen-bond donors (Lipinski definition) is 2. The molecule has 2 aromatic rings. The number of urea groups is 1. The van der Waals surface area contributed by atoms with Crippen LogP contribution in [0.2, 0.25) is 0 Å². The second-order valence-electron chi connectivity index (χ2n) is 8.51. The summed E-state index contributed by atoms with van der Waals surface area (Å²) in [6, 6.07) is 14.6. The van der Waals surface area contributed by atoms with Crippen molar-refractivity contribution in [2.45, 2.75) is 31.7 Å². The van der Waals surface area contributed by atoms with Crippen LogP contribution in [0, 0.1) is 5.92 Å². The zero-order valence-corrected chi connectivity index (χ0v) is 18.5. The number of hydrogen-bond acceptors (Lipinski definition) is 5. The standard InChI is InChI=1S/C25H27N3O5/c1-2-25(19-6-4-3-5-7-19)23(32)28(24(33)26-25)16-21(30)27-14-12-18(13-15-27)22(31)17-8-10-20(29)11-9-17/h3-11,18,29H,2,12-16H2,1H3,(H,26,33)/t25-/m0/s1. The van der Waals surface area contributed by atoms with Crippen LogP contribution < -0.4 is 5.32 Å². The number of phenolic OH excluding ortho intramolecular Hbond substituents is 1. The first kappa shape index (κ1) is 22.5. The van der Waals surface area contributed by atoms with Crippen LogP contribution >= 0.6 is 0 Å². The summed E-state index contributed by atoms with van der Waals surface area (Å²) in [5, 5.41) is 12.2. The molecule has 2 aliphatic heterocycles. The maximum atomic E-state index is 13.2. The minimum absolute atomic E-state index is 0.00760. The lowest BCUT2D eigenvalue weighted by molar-refractivity contribution is -0.140. The number of amides is 4. The van der Waals surface area contributed by atoms with Gasteiger partial charge in [-0.05, 0) is 49.1 Å². The Bertz CT molecular complexity index is 1060. The van der Waals surface area contributed by atoms with Crippen LogP contribution in [-0.2, 0) is 15.1 Å². The number of phenols is 1. The molecule has 0 saturated carbocycles. The number of aromatic hydroxyl groups is 1. The van der Waals surface area contributed by atoms with Crippen LogP contribution in [0.15, 0.2) is 54.6 Å². The van der Waals surface area contributed by atoms with E-state index >= 15 is 0 Å². The Kier molecular flexibility index (Phi) is 6.18. The summed E-state index contributed by atoms with van der Waals surface area (Å²) in [6.45, 7) is 2.27. The summed E-state index contributed by atoms with van der Waals surface area (Å²) < 4.78 is 0. The summed E-state index contributed by atoms with van der Waals surface area (Å²) in [5.41, 5.74) is 0.0605. The number of nitrogens with one attached hydrogen (secondary N) is 1. The van der Waals surface area contributed by atoms with Crippen molar-refractivity contribution in [2.24, 2.45) is 5.92 Å². The van der Waals surface area contributed by atoms with Gasteiger partial charge >= 0.3 is 6.03 Å². The maximum absolute atomic E-state index is 13.2. The van der Waals surface area contributed by atoms with Crippen LogP contribution in [0.3, 0.4) is 0 Å². The van der Waals surface area contributed by atoms with E-state index in [1.807, 2.05) is 25.1 Å². The third kappa shape index (κ3) is 4.20. The fraction of sp³-hybridized carbons (Fsp3) is 0.360. The molecule has 2 heterocycles. The number of rotatable bonds is 6. The minimum atomic E-state index is -1.16. The van der Waals surface area contributed by atoms with Gasteiger partial charge in [-0.1, -0.05) is 37.3 Å². The first-order chi connectivity index (χ1) is 15.9. The Hall–Kier alpha value is -3.68. The van der Waals surface area contributed by atoms with Crippen LogP contribution in [0.4, 0.5) is 4.79 Å². The van der Waals surface area contributed by atoms with Gasteiger partial charge in [-0.25, -0.2) is 4.79 Å². The molecule has 2 N–H and O–H groups in total. The Morgan fingerprint density at radius 2 is 1.67 bits per heavy atom. The van der Waals surface area contributed by atoms with Crippen LogP contribution in [-0.4, -0.2) is 58.2 Å². The van der Waals surface area contributed by atoms with Gasteiger partial charge < -0.3 is 15.3 Å². The highest BCUT2D eigenvalue weighted by Crippen LogP contribution is 2.32. The van der Waals surface area contributed by atoms with Gasteiger partial charge in [-0.15, -0.1) is 0 Å². The lowest BCUT2D eigenvalue weighted by Crippen LogP contribution is -2.47. The zero-order valence-electron chi connectivity index (χ0n) is 18.5. The molecule has 33 heavy (non-hydrogen) atoms. The van der Waals surface area contributed by atoms with Gasteiger partial charge in [0.15, 0.2) is 5.78 Å². The number of Topliss-reactive ketones (excluding diaryl/α,β-unsaturated/α-hetero) is 1. The highest BCUT2D eigenvalue weighted by Gasteiger charge is 2.51. The van der Waals surface area contributed by atoms with E-state index < -0.39 is 17.5 Å². The van der Waals surface area contributed by atoms with Crippen molar-refractivity contribution in [1.82, 2.24) is 15.1 Å².